The number of anilines is 4. The van der Waals surface area contributed by atoms with E-state index in [0.717, 1.165) is 51.4 Å². The van der Waals surface area contributed by atoms with Crippen molar-refractivity contribution in [2.75, 3.05) is 67.7 Å². The largest absolute Gasteiger partial charge is 0.416 e. The molecule has 0 unspecified atom stereocenters. The number of rotatable bonds is 10. The van der Waals surface area contributed by atoms with Gasteiger partial charge in [0.15, 0.2) is 0 Å². The number of hydrogen-bond acceptors (Lipinski definition) is 8. The van der Waals surface area contributed by atoms with E-state index in [4.69, 9.17) is 4.74 Å². The first-order valence-electron chi connectivity index (χ1n) is 13.1. The number of benzene rings is 2. The van der Waals surface area contributed by atoms with Crippen molar-refractivity contribution in [2.24, 2.45) is 0 Å². The van der Waals surface area contributed by atoms with E-state index in [9.17, 15) is 22.8 Å². The van der Waals surface area contributed by atoms with E-state index in [1.54, 1.807) is 26.1 Å². The normalized spacial score (nSPS) is 13.9. The molecule has 1 fully saturated rings. The molecule has 0 bridgehead atoms. The van der Waals surface area contributed by atoms with Gasteiger partial charge in [0, 0.05) is 49.8 Å². The van der Waals surface area contributed by atoms with Gasteiger partial charge >= 0.3 is 6.18 Å². The summed E-state index contributed by atoms with van der Waals surface area (Å²) in [6.07, 6.45) is -2.24. The third-order valence-electron chi connectivity index (χ3n) is 6.50. The second kappa shape index (κ2) is 13.4. The van der Waals surface area contributed by atoms with Crippen molar-refractivity contribution >= 4 is 35.0 Å². The molecular formula is C28H32F3N7O3. The van der Waals surface area contributed by atoms with Crippen LogP contribution < -0.4 is 21.3 Å². The lowest BCUT2D eigenvalue weighted by Gasteiger charge is -2.26. The minimum Gasteiger partial charge on any atom is -0.379 e. The second-order valence-corrected chi connectivity index (χ2v) is 9.46. The third kappa shape index (κ3) is 8.14. The van der Waals surface area contributed by atoms with Gasteiger partial charge in [-0.15, -0.1) is 0 Å². The molecule has 1 saturated heterocycles. The number of ether oxygens (including phenoxy) is 1. The lowest BCUT2D eigenvalue weighted by atomic mass is 10.1. The lowest BCUT2D eigenvalue weighted by molar-refractivity contribution is -0.137. The fraction of sp³-hybridized carbons (Fsp3) is 0.357. The van der Waals surface area contributed by atoms with Gasteiger partial charge in [-0.25, -0.2) is 4.98 Å². The topological polar surface area (TPSA) is 121 Å². The molecule has 13 heteroatoms. The van der Waals surface area contributed by atoms with E-state index < -0.39 is 23.6 Å². The predicted molar refractivity (Wildman–Crippen MR) is 150 cm³/mol. The molecule has 2 heterocycles. The van der Waals surface area contributed by atoms with Gasteiger partial charge in [0.25, 0.3) is 11.8 Å². The minimum absolute atomic E-state index is 0.142. The second-order valence-electron chi connectivity index (χ2n) is 9.46. The summed E-state index contributed by atoms with van der Waals surface area (Å²) in [4.78, 5) is 36.8. The van der Waals surface area contributed by atoms with Crippen molar-refractivity contribution in [3.8, 4) is 0 Å². The molecule has 0 spiro atoms. The van der Waals surface area contributed by atoms with Crippen LogP contribution in [0, 0.1) is 6.92 Å². The molecule has 218 valence electrons. The number of halogens is 3. The van der Waals surface area contributed by atoms with Crippen molar-refractivity contribution in [2.45, 2.75) is 19.5 Å². The monoisotopic (exact) mass is 571 g/mol. The van der Waals surface area contributed by atoms with Crippen LogP contribution in [-0.4, -0.2) is 73.1 Å². The maximum Gasteiger partial charge on any atom is 0.416 e. The number of hydrogen-bond donors (Lipinski definition) is 4. The van der Waals surface area contributed by atoms with E-state index in [1.165, 1.54) is 24.4 Å². The van der Waals surface area contributed by atoms with Gasteiger partial charge in [-0.2, -0.15) is 18.2 Å². The van der Waals surface area contributed by atoms with Crippen LogP contribution in [0.3, 0.4) is 0 Å². The molecule has 41 heavy (non-hydrogen) atoms. The van der Waals surface area contributed by atoms with Crippen LogP contribution in [-0.2, 0) is 10.9 Å². The van der Waals surface area contributed by atoms with Gasteiger partial charge in [-0.3, -0.25) is 14.5 Å². The van der Waals surface area contributed by atoms with Gasteiger partial charge in [0.1, 0.15) is 11.4 Å². The number of amides is 2. The van der Waals surface area contributed by atoms with E-state index >= 15 is 0 Å². The molecule has 0 aliphatic carbocycles. The number of morpholine rings is 1. The van der Waals surface area contributed by atoms with Gasteiger partial charge < -0.3 is 26.0 Å². The van der Waals surface area contributed by atoms with Crippen LogP contribution in [0.4, 0.5) is 36.3 Å². The van der Waals surface area contributed by atoms with Crippen molar-refractivity contribution in [3.05, 3.63) is 70.9 Å². The van der Waals surface area contributed by atoms with Crippen LogP contribution >= 0.6 is 0 Å². The number of carbonyl (C=O) groups excluding carboxylic acids is 2. The SMILES string of the molecule is CNc1nc(NCCCN2CCOCC2)ncc1C(=O)Nc1cc(NC(=O)c2cccc(C(F)(F)F)c2)ccc1C. The predicted octanol–water partition coefficient (Wildman–Crippen LogP) is 4.48. The smallest absolute Gasteiger partial charge is 0.379 e. The number of carbonyl (C=O) groups is 2. The van der Waals surface area contributed by atoms with Gasteiger partial charge in [-0.05, 0) is 55.8 Å². The zero-order valence-corrected chi connectivity index (χ0v) is 22.8. The van der Waals surface area contributed by atoms with Crippen molar-refractivity contribution < 1.29 is 27.5 Å². The van der Waals surface area contributed by atoms with Crippen LogP contribution in [0.25, 0.3) is 0 Å². The van der Waals surface area contributed by atoms with Crippen LogP contribution in [0.5, 0.6) is 0 Å². The maximum absolute atomic E-state index is 13.1. The Labute approximate surface area is 235 Å². The van der Waals surface area contributed by atoms with Crippen LogP contribution in [0.1, 0.15) is 38.3 Å². The average Bonchev–Trinajstić information content (AvgIpc) is 2.97. The highest BCUT2D eigenvalue weighted by atomic mass is 19.4. The van der Waals surface area contributed by atoms with Crippen LogP contribution in [0.2, 0.25) is 0 Å². The van der Waals surface area contributed by atoms with Crippen molar-refractivity contribution in [1.29, 1.82) is 0 Å². The fourth-order valence-corrected chi connectivity index (χ4v) is 4.22. The molecule has 0 radical (unpaired) electrons. The highest BCUT2D eigenvalue weighted by Gasteiger charge is 2.31. The number of nitrogens with one attached hydrogen (secondary N) is 4. The highest BCUT2D eigenvalue weighted by molar-refractivity contribution is 6.08. The molecule has 0 saturated carbocycles. The first kappa shape index (κ1) is 29.7. The summed E-state index contributed by atoms with van der Waals surface area (Å²) < 4.78 is 44.5. The van der Waals surface area contributed by atoms with Gasteiger partial charge in [-0.1, -0.05) is 12.1 Å². The van der Waals surface area contributed by atoms with E-state index in [-0.39, 0.29) is 11.1 Å². The Kier molecular flexibility index (Phi) is 9.73. The highest BCUT2D eigenvalue weighted by Crippen LogP contribution is 2.30. The third-order valence-corrected chi connectivity index (χ3v) is 6.50. The van der Waals surface area contributed by atoms with Crippen molar-refractivity contribution in [3.63, 3.8) is 0 Å². The minimum atomic E-state index is -4.56. The summed E-state index contributed by atoms with van der Waals surface area (Å²) in [5.41, 5.74) is 0.569. The van der Waals surface area contributed by atoms with Crippen LogP contribution in [0.15, 0.2) is 48.7 Å². The number of alkyl halides is 3. The molecule has 10 nitrogen and oxygen atoms in total. The maximum atomic E-state index is 13.1. The Hall–Kier alpha value is -4.23. The standard InChI is InChI=1S/C28H32F3N7O3/c1-18-7-8-21(35-25(39)19-5-3-6-20(15-19)28(29,30)31)16-23(18)36-26(40)22-17-34-27(37-24(22)32-2)33-9-4-10-38-11-13-41-14-12-38/h3,5-8,15-17H,4,9-14H2,1-2H3,(H,35,39)(H,36,40)(H2,32,33,34,37). The first-order chi connectivity index (χ1) is 19.6. The summed E-state index contributed by atoms with van der Waals surface area (Å²) in [7, 11) is 1.65. The Morgan fingerprint density at radius 2 is 1.83 bits per heavy atom. The molecule has 4 N–H and O–H groups in total. The molecular weight excluding hydrogens is 539 g/mol. The summed E-state index contributed by atoms with van der Waals surface area (Å²) in [6, 6.07) is 8.95. The zero-order chi connectivity index (χ0) is 29.4. The molecule has 3 aromatic rings. The van der Waals surface area contributed by atoms with Gasteiger partial charge in [0.05, 0.1) is 18.8 Å². The molecule has 1 aliphatic heterocycles. The fourth-order valence-electron chi connectivity index (χ4n) is 4.22. The molecule has 0 atom stereocenters. The number of aromatic nitrogens is 2. The number of aryl methyl sites for hydroxylation is 1. The quantitative estimate of drug-likeness (QED) is 0.263. The van der Waals surface area contributed by atoms with E-state index in [2.05, 4.69) is 36.1 Å². The lowest BCUT2D eigenvalue weighted by Crippen LogP contribution is -2.37. The average molecular weight is 572 g/mol. The van der Waals surface area contributed by atoms with Gasteiger partial charge in [0.2, 0.25) is 5.95 Å². The summed E-state index contributed by atoms with van der Waals surface area (Å²) >= 11 is 0. The summed E-state index contributed by atoms with van der Waals surface area (Å²) in [5.74, 6) is -0.461. The number of nitrogens with zero attached hydrogens (tertiary/aromatic N) is 3. The molecule has 1 aliphatic rings. The van der Waals surface area contributed by atoms with E-state index in [0.29, 0.717) is 35.2 Å². The molecule has 2 aromatic carbocycles. The summed E-state index contributed by atoms with van der Waals surface area (Å²) in [6.45, 7) is 6.74. The molecule has 4 rings (SSSR count). The Morgan fingerprint density at radius 3 is 2.56 bits per heavy atom. The Bertz CT molecular complexity index is 1380. The van der Waals surface area contributed by atoms with Crippen molar-refractivity contribution in [1.82, 2.24) is 14.9 Å². The zero-order valence-electron chi connectivity index (χ0n) is 22.8. The van der Waals surface area contributed by atoms with E-state index in [1.807, 2.05) is 0 Å². The molecule has 2 amide bonds. The first-order valence-corrected chi connectivity index (χ1v) is 13.1. The molecule has 1 aromatic heterocycles. The Balaban J connectivity index is 1.38. The Morgan fingerprint density at radius 1 is 1.05 bits per heavy atom. The summed E-state index contributed by atoms with van der Waals surface area (Å²) in [5, 5.41) is 11.5.